The van der Waals surface area contributed by atoms with Gasteiger partial charge in [-0.1, -0.05) is 64.5 Å². The number of hydrogen-bond acceptors (Lipinski definition) is 3. The molecule has 1 atom stereocenters. The molecular weight excluding hydrogens is 382 g/mol. The summed E-state index contributed by atoms with van der Waals surface area (Å²) in [7, 11) is 0. The average Bonchev–Trinajstić information content (AvgIpc) is 2.61. The third-order valence-corrected chi connectivity index (χ3v) is 4.93. The molecular formula is C19H14BrN3O2. The van der Waals surface area contributed by atoms with E-state index in [0.717, 1.165) is 21.3 Å². The van der Waals surface area contributed by atoms with Crippen molar-refractivity contribution in [3.63, 3.8) is 0 Å². The number of halogens is 1. The lowest BCUT2D eigenvalue weighted by Gasteiger charge is -2.25. The fraction of sp³-hybridized carbons (Fsp3) is 0.0526. The minimum Gasteiger partial charge on any atom is -0.341 e. The van der Waals surface area contributed by atoms with E-state index >= 15 is 0 Å². The van der Waals surface area contributed by atoms with E-state index in [9.17, 15) is 9.59 Å². The smallest absolute Gasteiger partial charge is 0.327 e. The second-order valence-electron chi connectivity index (χ2n) is 5.77. The van der Waals surface area contributed by atoms with Gasteiger partial charge >= 0.3 is 5.69 Å². The molecule has 1 aliphatic heterocycles. The Labute approximate surface area is 151 Å². The van der Waals surface area contributed by atoms with Crippen LogP contribution >= 0.6 is 15.9 Å². The summed E-state index contributed by atoms with van der Waals surface area (Å²) in [6.45, 7) is 0. The molecule has 5 nitrogen and oxygen atoms in total. The number of fused-ring (bicyclic) bond motifs is 1. The van der Waals surface area contributed by atoms with Crippen LogP contribution in [0.25, 0.3) is 5.70 Å². The van der Waals surface area contributed by atoms with Crippen molar-refractivity contribution in [3.05, 3.63) is 103 Å². The van der Waals surface area contributed by atoms with E-state index in [1.807, 2.05) is 60.7 Å². The fourth-order valence-electron chi connectivity index (χ4n) is 3.08. The van der Waals surface area contributed by atoms with Gasteiger partial charge in [-0.15, -0.1) is 0 Å². The van der Waals surface area contributed by atoms with Crippen molar-refractivity contribution < 1.29 is 0 Å². The van der Waals surface area contributed by atoms with Crippen molar-refractivity contribution in [2.75, 3.05) is 5.32 Å². The van der Waals surface area contributed by atoms with Crippen LogP contribution in [0.5, 0.6) is 0 Å². The summed E-state index contributed by atoms with van der Waals surface area (Å²) in [4.78, 5) is 29.2. The van der Waals surface area contributed by atoms with Crippen molar-refractivity contribution in [3.8, 4) is 0 Å². The highest BCUT2D eigenvalue weighted by Gasteiger charge is 2.27. The second kappa shape index (κ2) is 6.22. The largest absolute Gasteiger partial charge is 0.341 e. The van der Waals surface area contributed by atoms with E-state index in [2.05, 4.69) is 31.2 Å². The van der Waals surface area contributed by atoms with Crippen molar-refractivity contribution >= 4 is 27.4 Å². The van der Waals surface area contributed by atoms with Crippen LogP contribution < -0.4 is 16.6 Å². The number of rotatable bonds is 2. The molecule has 0 saturated heterocycles. The summed E-state index contributed by atoms with van der Waals surface area (Å²) in [5.74, 6) is 0.137. The van der Waals surface area contributed by atoms with Crippen molar-refractivity contribution in [2.24, 2.45) is 0 Å². The Morgan fingerprint density at radius 1 is 0.880 bits per heavy atom. The Morgan fingerprint density at radius 2 is 1.60 bits per heavy atom. The summed E-state index contributed by atoms with van der Waals surface area (Å²) in [5, 5.41) is 3.18. The van der Waals surface area contributed by atoms with Crippen LogP contribution in [-0.4, -0.2) is 9.97 Å². The molecule has 0 saturated carbocycles. The van der Waals surface area contributed by atoms with Gasteiger partial charge < -0.3 is 5.32 Å². The molecule has 0 amide bonds. The lowest BCUT2D eigenvalue weighted by molar-refractivity contribution is 0.911. The van der Waals surface area contributed by atoms with Gasteiger partial charge in [-0.3, -0.25) is 14.8 Å². The minimum absolute atomic E-state index is 0.289. The SMILES string of the molecule is O=c1[nH]c2c(c(=O)[nH]1)C(c1ccccc1Br)C=C(c1ccccc1)N2. The maximum Gasteiger partial charge on any atom is 0.327 e. The Hall–Kier alpha value is -2.86. The Bertz CT molecular complexity index is 1080. The summed E-state index contributed by atoms with van der Waals surface area (Å²) in [5.41, 5.74) is 2.34. The van der Waals surface area contributed by atoms with E-state index in [0.29, 0.717) is 11.4 Å². The number of anilines is 1. The van der Waals surface area contributed by atoms with Crippen LogP contribution in [0.15, 0.2) is 74.7 Å². The number of allylic oxidation sites excluding steroid dienone is 1. The van der Waals surface area contributed by atoms with Gasteiger partial charge in [0, 0.05) is 16.1 Å². The molecule has 0 radical (unpaired) electrons. The van der Waals surface area contributed by atoms with Crippen LogP contribution in [0.4, 0.5) is 5.82 Å². The first-order valence-electron chi connectivity index (χ1n) is 7.78. The Balaban J connectivity index is 1.97. The van der Waals surface area contributed by atoms with Gasteiger partial charge in [0.15, 0.2) is 0 Å². The predicted octanol–water partition coefficient (Wildman–Crippen LogP) is 3.42. The first-order chi connectivity index (χ1) is 12.1. The van der Waals surface area contributed by atoms with Gasteiger partial charge in [0.05, 0.1) is 5.56 Å². The molecule has 0 bridgehead atoms. The van der Waals surface area contributed by atoms with Crippen molar-refractivity contribution in [1.82, 2.24) is 9.97 Å². The molecule has 25 heavy (non-hydrogen) atoms. The zero-order valence-corrected chi connectivity index (χ0v) is 14.6. The number of nitrogens with one attached hydrogen (secondary N) is 3. The quantitative estimate of drug-likeness (QED) is 0.621. The van der Waals surface area contributed by atoms with E-state index in [1.165, 1.54) is 0 Å². The summed E-state index contributed by atoms with van der Waals surface area (Å²) < 4.78 is 0.905. The molecule has 1 aromatic heterocycles. The van der Waals surface area contributed by atoms with Gasteiger partial charge in [-0.25, -0.2) is 4.79 Å². The van der Waals surface area contributed by atoms with Crippen LogP contribution in [0.1, 0.15) is 22.6 Å². The second-order valence-corrected chi connectivity index (χ2v) is 6.62. The Morgan fingerprint density at radius 3 is 2.36 bits per heavy atom. The Kier molecular flexibility index (Phi) is 3.89. The fourth-order valence-corrected chi connectivity index (χ4v) is 3.61. The molecule has 0 aliphatic carbocycles. The lowest BCUT2D eigenvalue weighted by Crippen LogP contribution is -2.31. The lowest BCUT2D eigenvalue weighted by atomic mass is 9.88. The summed E-state index contributed by atoms with van der Waals surface area (Å²) in [6, 6.07) is 17.5. The van der Waals surface area contributed by atoms with Crippen LogP contribution in [0.3, 0.4) is 0 Å². The van der Waals surface area contributed by atoms with E-state index in [4.69, 9.17) is 0 Å². The molecule has 1 unspecified atom stereocenters. The molecule has 124 valence electrons. The first kappa shape index (κ1) is 15.7. The van der Waals surface area contributed by atoms with Gasteiger partial charge in [0.2, 0.25) is 0 Å². The third-order valence-electron chi connectivity index (χ3n) is 4.21. The van der Waals surface area contributed by atoms with Crippen LogP contribution in [0, 0.1) is 0 Å². The number of aromatic nitrogens is 2. The van der Waals surface area contributed by atoms with Gasteiger partial charge in [0.1, 0.15) is 5.82 Å². The van der Waals surface area contributed by atoms with Gasteiger partial charge in [0.25, 0.3) is 5.56 Å². The number of benzene rings is 2. The monoisotopic (exact) mass is 395 g/mol. The van der Waals surface area contributed by atoms with Gasteiger partial charge in [-0.05, 0) is 23.3 Å². The third kappa shape index (κ3) is 2.85. The maximum absolute atomic E-state index is 12.5. The zero-order chi connectivity index (χ0) is 17.4. The highest BCUT2D eigenvalue weighted by molar-refractivity contribution is 9.10. The average molecular weight is 396 g/mol. The number of H-pyrrole nitrogens is 2. The van der Waals surface area contributed by atoms with Crippen LogP contribution in [0.2, 0.25) is 0 Å². The molecule has 0 spiro atoms. The van der Waals surface area contributed by atoms with Gasteiger partial charge in [-0.2, -0.15) is 0 Å². The highest BCUT2D eigenvalue weighted by atomic mass is 79.9. The standard InChI is InChI=1S/C19H14BrN3O2/c20-14-9-5-4-8-12(14)13-10-15(11-6-2-1-3-7-11)21-17-16(13)18(24)23-19(25)22-17/h1-10,13H,(H3,21,22,23,24,25). The topological polar surface area (TPSA) is 77.8 Å². The predicted molar refractivity (Wildman–Crippen MR) is 102 cm³/mol. The highest BCUT2D eigenvalue weighted by Crippen LogP contribution is 2.38. The van der Waals surface area contributed by atoms with E-state index < -0.39 is 11.2 Å². The van der Waals surface area contributed by atoms with Crippen molar-refractivity contribution in [2.45, 2.75) is 5.92 Å². The molecule has 1 aliphatic rings. The molecule has 6 heteroatoms. The molecule has 4 rings (SSSR count). The van der Waals surface area contributed by atoms with E-state index in [-0.39, 0.29) is 5.92 Å². The van der Waals surface area contributed by atoms with Crippen LogP contribution in [-0.2, 0) is 0 Å². The van der Waals surface area contributed by atoms with E-state index in [1.54, 1.807) is 0 Å². The summed E-state index contributed by atoms with van der Waals surface area (Å²) in [6.07, 6.45) is 2.01. The zero-order valence-electron chi connectivity index (χ0n) is 13.0. The molecule has 0 fully saturated rings. The molecule has 2 aromatic carbocycles. The maximum atomic E-state index is 12.5. The number of hydrogen-bond donors (Lipinski definition) is 3. The normalized spacial score (nSPS) is 15.9. The first-order valence-corrected chi connectivity index (χ1v) is 8.58. The van der Waals surface area contributed by atoms with Crippen molar-refractivity contribution in [1.29, 1.82) is 0 Å². The minimum atomic E-state index is -0.531. The molecule has 2 heterocycles. The summed E-state index contributed by atoms with van der Waals surface area (Å²) >= 11 is 3.57. The number of aromatic amines is 2. The molecule has 3 aromatic rings. The molecule has 3 N–H and O–H groups in total.